The number of hydrogen-bond acceptors (Lipinski definition) is 12. The van der Waals surface area contributed by atoms with Crippen LogP contribution in [0.15, 0.2) is 30.3 Å². The van der Waals surface area contributed by atoms with Gasteiger partial charge in [-0.3, -0.25) is 19.2 Å². The van der Waals surface area contributed by atoms with Crippen molar-refractivity contribution in [3.8, 4) is 0 Å². The summed E-state index contributed by atoms with van der Waals surface area (Å²) in [5, 5.41) is 0. The first-order valence-corrected chi connectivity index (χ1v) is 11.8. The van der Waals surface area contributed by atoms with Crippen LogP contribution in [0.3, 0.4) is 0 Å². The van der Waals surface area contributed by atoms with Crippen LogP contribution in [0.5, 0.6) is 0 Å². The van der Waals surface area contributed by atoms with Gasteiger partial charge in [-0.2, -0.15) is 0 Å². The van der Waals surface area contributed by atoms with Crippen LogP contribution in [0.2, 0.25) is 0 Å². The molecule has 1 aliphatic heterocycles. The van der Waals surface area contributed by atoms with Gasteiger partial charge in [0.2, 0.25) is 0 Å². The summed E-state index contributed by atoms with van der Waals surface area (Å²) < 4.78 is 37.9. The maximum Gasteiger partial charge on any atom is 0.409 e. The molecule has 2 rings (SSSR count). The molecule has 0 bridgehead atoms. The number of likely N-dealkylation sites (N-methyl/N-ethyl adjacent to an activating group) is 1. The Balaban J connectivity index is 2.13. The van der Waals surface area contributed by atoms with Crippen LogP contribution in [-0.4, -0.2) is 92.4 Å². The smallest absolute Gasteiger partial charge is 0.409 e. The van der Waals surface area contributed by atoms with Crippen molar-refractivity contribution in [1.29, 1.82) is 0 Å². The fourth-order valence-corrected chi connectivity index (χ4v) is 3.55. The van der Waals surface area contributed by atoms with E-state index in [2.05, 4.69) is 0 Å². The summed E-state index contributed by atoms with van der Waals surface area (Å²) in [5.41, 5.74) is 0.822. The van der Waals surface area contributed by atoms with Crippen LogP contribution in [0.1, 0.15) is 33.3 Å². The number of carbonyl (C=O) groups excluding carboxylic acids is 5. The maximum atomic E-state index is 12.3. The van der Waals surface area contributed by atoms with Crippen LogP contribution in [0, 0.1) is 0 Å². The molecule has 0 spiro atoms. The fraction of sp³-hybridized carbons (Fsp3) is 0.560. The third-order valence-corrected chi connectivity index (χ3v) is 5.17. The Morgan fingerprint density at radius 1 is 0.789 bits per heavy atom. The first kappa shape index (κ1) is 30.5. The molecule has 0 unspecified atom stereocenters. The van der Waals surface area contributed by atoms with Gasteiger partial charge in [-0.05, 0) is 5.56 Å². The predicted molar refractivity (Wildman–Crippen MR) is 127 cm³/mol. The zero-order chi connectivity index (χ0) is 28.2. The second-order valence-electron chi connectivity index (χ2n) is 8.40. The van der Waals surface area contributed by atoms with Gasteiger partial charge in [0, 0.05) is 41.3 Å². The molecule has 1 fully saturated rings. The number of rotatable bonds is 11. The van der Waals surface area contributed by atoms with Crippen molar-refractivity contribution >= 4 is 30.0 Å². The largest absolute Gasteiger partial charge is 0.463 e. The van der Waals surface area contributed by atoms with Gasteiger partial charge in [0.05, 0.1) is 6.61 Å². The Labute approximate surface area is 220 Å². The number of carbonyl (C=O) groups is 5. The lowest BCUT2D eigenvalue weighted by atomic mass is 9.98. The van der Waals surface area contributed by atoms with Crippen molar-refractivity contribution in [1.82, 2.24) is 4.90 Å². The van der Waals surface area contributed by atoms with E-state index >= 15 is 0 Å². The molecule has 38 heavy (non-hydrogen) atoms. The lowest BCUT2D eigenvalue weighted by Crippen LogP contribution is -2.63. The average molecular weight is 540 g/mol. The highest BCUT2D eigenvalue weighted by Crippen LogP contribution is 2.30. The molecule has 1 amide bonds. The number of esters is 4. The van der Waals surface area contributed by atoms with Crippen molar-refractivity contribution in [2.24, 2.45) is 0 Å². The van der Waals surface area contributed by atoms with E-state index in [1.54, 1.807) is 0 Å². The van der Waals surface area contributed by atoms with Crippen LogP contribution in [-0.2, 0) is 58.9 Å². The van der Waals surface area contributed by atoms with E-state index in [9.17, 15) is 24.0 Å². The summed E-state index contributed by atoms with van der Waals surface area (Å²) in [6, 6.07) is 9.15. The Bertz CT molecular complexity index is 968. The van der Waals surface area contributed by atoms with E-state index in [0.29, 0.717) is 0 Å². The summed E-state index contributed by atoms with van der Waals surface area (Å²) >= 11 is 0. The van der Waals surface area contributed by atoms with Gasteiger partial charge in [-0.25, -0.2) is 4.79 Å². The molecule has 0 saturated carbocycles. The van der Waals surface area contributed by atoms with E-state index in [0.717, 1.165) is 26.3 Å². The lowest BCUT2D eigenvalue weighted by molar-refractivity contribution is -0.308. The van der Waals surface area contributed by atoms with Gasteiger partial charge < -0.3 is 38.1 Å². The van der Waals surface area contributed by atoms with E-state index in [1.165, 1.54) is 18.9 Å². The average Bonchev–Trinajstić information content (AvgIpc) is 2.84. The van der Waals surface area contributed by atoms with Crippen molar-refractivity contribution in [2.45, 2.75) is 65.0 Å². The molecule has 1 saturated heterocycles. The Morgan fingerprint density at radius 2 is 1.37 bits per heavy atom. The number of ether oxygens (including phenoxy) is 7. The topological polar surface area (TPSA) is 153 Å². The number of amides is 1. The van der Waals surface area contributed by atoms with Crippen molar-refractivity contribution in [2.75, 3.05) is 26.8 Å². The van der Waals surface area contributed by atoms with E-state index < -0.39 is 60.7 Å². The summed E-state index contributed by atoms with van der Waals surface area (Å²) in [6.45, 7) is 4.22. The molecule has 0 aliphatic carbocycles. The third-order valence-electron chi connectivity index (χ3n) is 5.17. The molecule has 0 aromatic heterocycles. The predicted octanol–water partition coefficient (Wildman–Crippen LogP) is 1.35. The normalized spacial score (nSPS) is 22.5. The summed E-state index contributed by atoms with van der Waals surface area (Å²) in [4.78, 5) is 60.5. The molecule has 210 valence electrons. The van der Waals surface area contributed by atoms with Crippen molar-refractivity contribution in [3.63, 3.8) is 0 Å². The zero-order valence-corrected chi connectivity index (χ0v) is 21.9. The molecule has 1 aromatic carbocycles. The summed E-state index contributed by atoms with van der Waals surface area (Å²) in [7, 11) is 1.50. The summed E-state index contributed by atoms with van der Waals surface area (Å²) in [5.74, 6) is -2.86. The molecule has 1 aliphatic rings. The highest BCUT2D eigenvalue weighted by Gasteiger charge is 2.52. The first-order valence-electron chi connectivity index (χ1n) is 11.8. The molecule has 1 heterocycles. The highest BCUT2D eigenvalue weighted by molar-refractivity contribution is 5.69. The molecule has 13 heteroatoms. The lowest BCUT2D eigenvalue weighted by Gasteiger charge is -2.44. The molecule has 0 radical (unpaired) electrons. The third kappa shape index (κ3) is 9.98. The van der Waals surface area contributed by atoms with E-state index in [-0.39, 0.29) is 26.4 Å². The minimum atomic E-state index is -1.34. The van der Waals surface area contributed by atoms with Gasteiger partial charge in [0.1, 0.15) is 19.3 Å². The van der Waals surface area contributed by atoms with Crippen LogP contribution in [0.25, 0.3) is 0 Å². The van der Waals surface area contributed by atoms with Gasteiger partial charge in [0.25, 0.3) is 0 Å². The minimum Gasteiger partial charge on any atom is -0.463 e. The van der Waals surface area contributed by atoms with E-state index in [1.807, 2.05) is 30.3 Å². The second kappa shape index (κ2) is 14.9. The van der Waals surface area contributed by atoms with Crippen LogP contribution < -0.4 is 0 Å². The highest BCUT2D eigenvalue weighted by atomic mass is 16.7. The Hall–Kier alpha value is -3.71. The summed E-state index contributed by atoms with van der Waals surface area (Å²) in [6.07, 6.45) is -7.02. The molecular weight excluding hydrogens is 506 g/mol. The zero-order valence-electron chi connectivity index (χ0n) is 21.9. The van der Waals surface area contributed by atoms with Crippen LogP contribution >= 0.6 is 0 Å². The molecule has 1 aromatic rings. The minimum absolute atomic E-state index is 0.0560. The fourth-order valence-electron chi connectivity index (χ4n) is 3.55. The molecule has 5 atom stereocenters. The number of nitrogens with zero attached hydrogens (tertiary/aromatic N) is 1. The van der Waals surface area contributed by atoms with Crippen molar-refractivity contribution < 1.29 is 57.1 Å². The number of hydrogen-bond donors (Lipinski definition) is 0. The maximum absolute atomic E-state index is 12.3. The van der Waals surface area contributed by atoms with E-state index in [4.69, 9.17) is 33.2 Å². The van der Waals surface area contributed by atoms with Crippen LogP contribution in [0.4, 0.5) is 4.79 Å². The standard InChI is InChI=1S/C25H33NO12/c1-15(27)33-14-20-21(35-16(2)28)22(36-17(3)29)23(37-18(4)30)24(38-20)32-12-11-26(5)25(31)34-13-19-9-7-6-8-10-19/h6-10,20-24H,11-14H2,1-5H3/t20-,21-,22+,23-,24-/m1/s1. The van der Waals surface area contributed by atoms with Gasteiger partial charge in [0.15, 0.2) is 24.6 Å². The van der Waals surface area contributed by atoms with Gasteiger partial charge >= 0.3 is 30.0 Å². The van der Waals surface area contributed by atoms with Crippen molar-refractivity contribution in [3.05, 3.63) is 35.9 Å². The Kier molecular flexibility index (Phi) is 12.0. The molecule has 13 nitrogen and oxygen atoms in total. The Morgan fingerprint density at radius 3 is 1.95 bits per heavy atom. The number of benzene rings is 1. The van der Waals surface area contributed by atoms with Gasteiger partial charge in [-0.15, -0.1) is 0 Å². The first-order chi connectivity index (χ1) is 18.0. The molecular formula is C25H33NO12. The monoisotopic (exact) mass is 539 g/mol. The van der Waals surface area contributed by atoms with Gasteiger partial charge in [-0.1, -0.05) is 30.3 Å². The quantitative estimate of drug-likeness (QED) is 0.295. The second-order valence-corrected chi connectivity index (χ2v) is 8.40. The molecule has 0 N–H and O–H groups in total. The SMILES string of the molecule is CC(=O)OC[C@H]1O[C@@H](OCCN(C)C(=O)OCc2ccccc2)[C@H](OC(C)=O)[C@@H](OC(C)=O)[C@@H]1OC(C)=O.